The third-order valence-corrected chi connectivity index (χ3v) is 0.455. The number of aliphatic hydroxyl groups excluding tert-OH is 1. The van der Waals surface area contributed by atoms with Gasteiger partial charge in [-0.05, 0) is 6.08 Å². The predicted molar refractivity (Wildman–Crippen MR) is 35.8 cm³/mol. The Hall–Kier alpha value is -1.20. The Kier molecular flexibility index (Phi) is 7.26. The van der Waals surface area contributed by atoms with E-state index in [-0.39, 0.29) is 0 Å². The first-order chi connectivity index (χ1) is 5.29. The first kappa shape index (κ1) is 13.4. The Morgan fingerprint density at radius 3 is 1.92 bits per heavy atom. The fourth-order valence-corrected chi connectivity index (χ4v) is 0.186. The van der Waals surface area contributed by atoms with Gasteiger partial charge in [-0.2, -0.15) is 13.2 Å². The normalized spacial score (nSPS) is 10.7. The van der Waals surface area contributed by atoms with Crippen molar-refractivity contribution < 1.29 is 28.2 Å². The molecular weight excluding hydrogens is 177 g/mol. The van der Waals surface area contributed by atoms with Crippen molar-refractivity contribution in [3.8, 4) is 0 Å². The molecule has 0 saturated carbocycles. The van der Waals surface area contributed by atoms with Gasteiger partial charge in [0.2, 0.25) is 0 Å². The van der Waals surface area contributed by atoms with Gasteiger partial charge in [0.15, 0.2) is 0 Å². The van der Waals surface area contributed by atoms with Crippen molar-refractivity contribution in [2.45, 2.75) is 19.5 Å². The van der Waals surface area contributed by atoms with Crippen molar-refractivity contribution in [3.63, 3.8) is 0 Å². The summed E-state index contributed by atoms with van der Waals surface area (Å²) < 4.78 is 33.2. The quantitative estimate of drug-likeness (QED) is 0.616. The van der Waals surface area contributed by atoms with Gasteiger partial charge in [0.25, 0.3) is 5.97 Å². The maximum absolute atomic E-state index is 11.1. The number of allylic oxidation sites excluding steroid dienone is 1. The Morgan fingerprint density at radius 1 is 1.50 bits per heavy atom. The molecule has 0 aromatic carbocycles. The molecule has 0 atom stereocenters. The lowest BCUT2D eigenvalue weighted by Crippen LogP contribution is -2.03. The minimum Gasteiger partial charge on any atom is -0.516 e. The lowest BCUT2D eigenvalue weighted by Gasteiger charge is -1.98. The number of carboxylic acids is 1. The van der Waals surface area contributed by atoms with E-state index in [4.69, 9.17) is 15.0 Å². The van der Waals surface area contributed by atoms with Crippen LogP contribution in [0.25, 0.3) is 0 Å². The van der Waals surface area contributed by atoms with E-state index in [1.165, 1.54) is 0 Å². The number of alkyl halides is 3. The van der Waals surface area contributed by atoms with Crippen molar-refractivity contribution in [1.82, 2.24) is 0 Å². The Morgan fingerprint density at radius 2 is 1.83 bits per heavy atom. The van der Waals surface area contributed by atoms with Crippen LogP contribution in [0.4, 0.5) is 13.2 Å². The maximum Gasteiger partial charge on any atom is 0.392 e. The molecule has 0 saturated heterocycles. The van der Waals surface area contributed by atoms with Gasteiger partial charge in [-0.15, -0.1) is 0 Å². The number of aliphatic hydroxyl groups is 1. The van der Waals surface area contributed by atoms with Crippen molar-refractivity contribution >= 4 is 5.97 Å². The zero-order valence-electron chi connectivity index (χ0n) is 6.30. The molecule has 0 aromatic heterocycles. The van der Waals surface area contributed by atoms with Crippen molar-refractivity contribution in [3.05, 3.63) is 12.3 Å². The van der Waals surface area contributed by atoms with Crippen LogP contribution in [0.5, 0.6) is 0 Å². The Balaban J connectivity index is 0. The zero-order valence-corrected chi connectivity index (χ0v) is 6.30. The molecule has 2 N–H and O–H groups in total. The Labute approximate surface area is 67.1 Å². The SMILES string of the molecule is CC(=O)O.OC=CCC(F)(F)F. The van der Waals surface area contributed by atoms with E-state index < -0.39 is 18.6 Å². The largest absolute Gasteiger partial charge is 0.516 e. The summed E-state index contributed by atoms with van der Waals surface area (Å²) in [7, 11) is 0. The first-order valence-electron chi connectivity index (χ1n) is 2.85. The van der Waals surface area contributed by atoms with E-state index in [9.17, 15) is 13.2 Å². The maximum atomic E-state index is 11.1. The van der Waals surface area contributed by atoms with Crippen molar-refractivity contribution in [2.24, 2.45) is 0 Å². The van der Waals surface area contributed by atoms with E-state index in [0.29, 0.717) is 12.3 Å². The highest BCUT2D eigenvalue weighted by Gasteiger charge is 2.24. The topological polar surface area (TPSA) is 57.5 Å². The Bertz CT molecular complexity index is 147. The molecule has 0 aliphatic carbocycles. The van der Waals surface area contributed by atoms with Gasteiger partial charge in [-0.3, -0.25) is 4.79 Å². The van der Waals surface area contributed by atoms with Gasteiger partial charge in [0, 0.05) is 6.92 Å². The summed E-state index contributed by atoms with van der Waals surface area (Å²) in [5, 5.41) is 15.2. The summed E-state index contributed by atoms with van der Waals surface area (Å²) in [5.74, 6) is -0.833. The van der Waals surface area contributed by atoms with E-state index >= 15 is 0 Å². The van der Waals surface area contributed by atoms with Crippen LogP contribution in [0.3, 0.4) is 0 Å². The molecular formula is C6H9F3O3. The van der Waals surface area contributed by atoms with E-state index in [1.54, 1.807) is 0 Å². The average Bonchev–Trinajstić information content (AvgIpc) is 1.80. The summed E-state index contributed by atoms with van der Waals surface area (Å²) in [6.45, 7) is 1.08. The second-order valence-electron chi connectivity index (χ2n) is 1.72. The minimum absolute atomic E-state index is 0.382. The highest BCUT2D eigenvalue weighted by Crippen LogP contribution is 2.19. The number of rotatable bonds is 1. The van der Waals surface area contributed by atoms with Crippen LogP contribution in [0, 0.1) is 0 Å². The van der Waals surface area contributed by atoms with Crippen LogP contribution in [0.15, 0.2) is 12.3 Å². The molecule has 6 heteroatoms. The lowest BCUT2D eigenvalue weighted by molar-refractivity contribution is -0.134. The van der Waals surface area contributed by atoms with Crippen LogP contribution in [0.2, 0.25) is 0 Å². The van der Waals surface area contributed by atoms with Crippen LogP contribution in [-0.2, 0) is 4.79 Å². The van der Waals surface area contributed by atoms with Crippen LogP contribution < -0.4 is 0 Å². The number of hydrogen-bond donors (Lipinski definition) is 2. The molecule has 72 valence electrons. The summed E-state index contributed by atoms with van der Waals surface area (Å²) >= 11 is 0. The van der Waals surface area contributed by atoms with Crippen LogP contribution in [-0.4, -0.2) is 22.4 Å². The summed E-state index contributed by atoms with van der Waals surface area (Å²) in [6.07, 6.45) is -4.24. The average molecular weight is 186 g/mol. The molecule has 0 aliphatic rings. The number of carbonyl (C=O) groups is 1. The molecule has 0 aliphatic heterocycles. The second-order valence-corrected chi connectivity index (χ2v) is 1.72. The first-order valence-corrected chi connectivity index (χ1v) is 2.85. The van der Waals surface area contributed by atoms with Gasteiger partial charge in [0.05, 0.1) is 12.7 Å². The van der Waals surface area contributed by atoms with E-state index in [1.807, 2.05) is 0 Å². The number of aliphatic carboxylic acids is 1. The highest BCUT2D eigenvalue weighted by molar-refractivity contribution is 5.62. The minimum atomic E-state index is -4.20. The highest BCUT2D eigenvalue weighted by atomic mass is 19.4. The standard InChI is InChI=1S/C4H5F3O.C2H4O2/c5-4(6,7)2-1-3-8;1-2(3)4/h1,3,8H,2H2;1H3,(H,3,4). The summed E-state index contributed by atoms with van der Waals surface area (Å²) in [5.41, 5.74) is 0. The third kappa shape index (κ3) is 37.1. The van der Waals surface area contributed by atoms with Gasteiger partial charge >= 0.3 is 6.18 Å². The van der Waals surface area contributed by atoms with Gasteiger partial charge in [-0.1, -0.05) is 0 Å². The molecule has 0 aromatic rings. The molecule has 0 spiro atoms. The van der Waals surface area contributed by atoms with Gasteiger partial charge < -0.3 is 10.2 Å². The summed E-state index contributed by atoms with van der Waals surface area (Å²) in [6, 6.07) is 0. The van der Waals surface area contributed by atoms with E-state index in [2.05, 4.69) is 0 Å². The van der Waals surface area contributed by atoms with Crippen molar-refractivity contribution in [1.29, 1.82) is 0 Å². The van der Waals surface area contributed by atoms with Crippen molar-refractivity contribution in [2.75, 3.05) is 0 Å². The molecule has 0 unspecified atom stereocenters. The number of carboxylic acid groups (broad SMARTS) is 1. The monoisotopic (exact) mass is 186 g/mol. The molecule has 0 amide bonds. The molecule has 0 bridgehead atoms. The van der Waals surface area contributed by atoms with Gasteiger partial charge in [-0.25, -0.2) is 0 Å². The smallest absolute Gasteiger partial charge is 0.392 e. The summed E-state index contributed by atoms with van der Waals surface area (Å²) in [4.78, 5) is 9.00. The molecule has 0 heterocycles. The second kappa shape index (κ2) is 6.51. The number of halogens is 3. The molecule has 3 nitrogen and oxygen atoms in total. The van der Waals surface area contributed by atoms with E-state index in [0.717, 1.165) is 6.92 Å². The lowest BCUT2D eigenvalue weighted by atomic mass is 10.4. The third-order valence-electron chi connectivity index (χ3n) is 0.455. The molecule has 0 radical (unpaired) electrons. The number of hydrogen-bond acceptors (Lipinski definition) is 2. The molecule has 0 fully saturated rings. The fraction of sp³-hybridized carbons (Fsp3) is 0.500. The van der Waals surface area contributed by atoms with Crippen LogP contribution >= 0.6 is 0 Å². The fourth-order valence-electron chi connectivity index (χ4n) is 0.186. The van der Waals surface area contributed by atoms with Crippen LogP contribution in [0.1, 0.15) is 13.3 Å². The predicted octanol–water partition coefficient (Wildman–Crippen LogP) is 2.10. The van der Waals surface area contributed by atoms with Gasteiger partial charge in [0.1, 0.15) is 0 Å². The zero-order chi connectivity index (χ0) is 10.2. The molecule has 12 heavy (non-hydrogen) atoms. The molecule has 0 rings (SSSR count).